The maximum atomic E-state index is 5.54. The Bertz CT molecular complexity index is 3260. The zero-order chi connectivity index (χ0) is 37.8. The summed E-state index contributed by atoms with van der Waals surface area (Å²) in [7, 11) is 0. The first-order valence-corrected chi connectivity index (χ1v) is 20.3. The molecule has 0 saturated carbocycles. The Morgan fingerprint density at radius 1 is 0.579 bits per heavy atom. The fourth-order valence-electron chi connectivity index (χ4n) is 10.4. The predicted octanol–water partition coefficient (Wildman–Crippen LogP) is 13.3. The molecule has 0 spiro atoms. The van der Waals surface area contributed by atoms with Gasteiger partial charge in [0.25, 0.3) is 0 Å². The summed E-state index contributed by atoms with van der Waals surface area (Å²) >= 11 is 0. The van der Waals surface area contributed by atoms with Crippen LogP contribution in [0, 0.1) is 0 Å². The standard InChI is InChI=1S/C53H40N4/c1-53(2)44-25-12-9-20-37(44)39-24-15-23-36(48(39)53)34-28-31-47-43(32-34)41-30-29-40-38-21-11-14-27-46(38)56(35-18-7-4-8-19-35)50(40)51(41)57(47)52-54-45-26-13-10-22-42(45)49(55-52)33-16-5-3-6-17-33/h3-7,9-18,20-27,29-30,32H,8,19,28,31H2,1-2H3. The number of rotatable bonds is 4. The zero-order valence-electron chi connectivity index (χ0n) is 32.1. The van der Waals surface area contributed by atoms with Crippen LogP contribution >= 0.6 is 0 Å². The van der Waals surface area contributed by atoms with Gasteiger partial charge in [-0.25, -0.2) is 9.97 Å². The van der Waals surface area contributed by atoms with E-state index in [0.29, 0.717) is 0 Å². The van der Waals surface area contributed by atoms with Gasteiger partial charge in [0.15, 0.2) is 0 Å². The van der Waals surface area contributed by atoms with Gasteiger partial charge in [0, 0.05) is 49.5 Å². The summed E-state index contributed by atoms with van der Waals surface area (Å²) in [5.41, 5.74) is 18.7. The van der Waals surface area contributed by atoms with E-state index in [1.807, 2.05) is 0 Å². The number of nitrogens with zero attached hydrogens (tertiary/aromatic N) is 4. The SMILES string of the molecule is CC1(C)c2ccccc2-c2cccc(C3=Cc4c(n(-c5nc(-c6ccccc6)c6ccccc6n5)c5c4ccc4c6ccccc6n(C6=CC=CCC6)c45)CC3)c21. The van der Waals surface area contributed by atoms with Gasteiger partial charge in [-0.05, 0) is 83.4 Å². The Labute approximate surface area is 331 Å². The summed E-state index contributed by atoms with van der Waals surface area (Å²) in [6.45, 7) is 4.79. The van der Waals surface area contributed by atoms with Crippen molar-refractivity contribution >= 4 is 61.0 Å². The van der Waals surface area contributed by atoms with Gasteiger partial charge in [-0.2, -0.15) is 0 Å². The third kappa shape index (κ3) is 4.61. The van der Waals surface area contributed by atoms with Crippen LogP contribution in [-0.2, 0) is 11.8 Å². The molecule has 0 fully saturated rings. The molecule has 12 rings (SSSR count). The van der Waals surface area contributed by atoms with Crippen LogP contribution in [0.5, 0.6) is 0 Å². The summed E-state index contributed by atoms with van der Waals surface area (Å²) in [4.78, 5) is 11.0. The quantitative estimate of drug-likeness (QED) is 0.181. The molecule has 0 aliphatic heterocycles. The molecule has 4 heteroatoms. The maximum Gasteiger partial charge on any atom is 0.235 e. The minimum Gasteiger partial charge on any atom is -0.311 e. The summed E-state index contributed by atoms with van der Waals surface area (Å²) in [5, 5.41) is 4.80. The van der Waals surface area contributed by atoms with Crippen molar-refractivity contribution in [3.05, 3.63) is 180 Å². The first-order valence-electron chi connectivity index (χ1n) is 20.3. The average molecular weight is 733 g/mol. The number of allylic oxidation sites excluding steroid dienone is 5. The monoisotopic (exact) mass is 732 g/mol. The van der Waals surface area contributed by atoms with Crippen LogP contribution in [0.25, 0.3) is 89.3 Å². The van der Waals surface area contributed by atoms with Crippen molar-refractivity contribution in [3.8, 4) is 28.3 Å². The van der Waals surface area contributed by atoms with E-state index < -0.39 is 0 Å². The first kappa shape index (κ1) is 32.5. The van der Waals surface area contributed by atoms with Crippen LogP contribution in [0.4, 0.5) is 0 Å². The van der Waals surface area contributed by atoms with E-state index in [-0.39, 0.29) is 5.41 Å². The Morgan fingerprint density at radius 2 is 1.32 bits per heavy atom. The third-order valence-corrected chi connectivity index (χ3v) is 12.9. The molecule has 3 aromatic heterocycles. The van der Waals surface area contributed by atoms with Crippen molar-refractivity contribution in [3.63, 3.8) is 0 Å². The minimum atomic E-state index is -0.0975. The first-order chi connectivity index (χ1) is 28.1. The van der Waals surface area contributed by atoms with Crippen molar-refractivity contribution in [1.29, 1.82) is 0 Å². The van der Waals surface area contributed by atoms with Crippen LogP contribution in [0.3, 0.4) is 0 Å². The molecule has 3 aliphatic carbocycles. The molecule has 3 aliphatic rings. The van der Waals surface area contributed by atoms with Crippen LogP contribution in [0.15, 0.2) is 152 Å². The lowest BCUT2D eigenvalue weighted by molar-refractivity contribution is 0.658. The number of hydrogen-bond acceptors (Lipinski definition) is 2. The predicted molar refractivity (Wildman–Crippen MR) is 238 cm³/mol. The molecular formula is C53H40N4. The summed E-state index contributed by atoms with van der Waals surface area (Å²) in [6.07, 6.45) is 13.1. The smallest absolute Gasteiger partial charge is 0.235 e. The molecule has 0 amide bonds. The molecule has 0 atom stereocenters. The summed E-state index contributed by atoms with van der Waals surface area (Å²) in [5.74, 6) is 0.717. The van der Waals surface area contributed by atoms with E-state index in [0.717, 1.165) is 53.8 Å². The van der Waals surface area contributed by atoms with Gasteiger partial charge in [0.1, 0.15) is 0 Å². The maximum absolute atomic E-state index is 5.54. The van der Waals surface area contributed by atoms with Gasteiger partial charge in [-0.15, -0.1) is 0 Å². The van der Waals surface area contributed by atoms with Crippen molar-refractivity contribution in [2.75, 3.05) is 0 Å². The van der Waals surface area contributed by atoms with Crippen LogP contribution in [0.1, 0.15) is 61.1 Å². The van der Waals surface area contributed by atoms with Crippen molar-refractivity contribution in [2.45, 2.75) is 44.9 Å². The van der Waals surface area contributed by atoms with Gasteiger partial charge < -0.3 is 4.57 Å². The van der Waals surface area contributed by atoms with Crippen LogP contribution in [0.2, 0.25) is 0 Å². The highest BCUT2D eigenvalue weighted by Crippen LogP contribution is 2.53. The van der Waals surface area contributed by atoms with Gasteiger partial charge in [-0.1, -0.05) is 147 Å². The van der Waals surface area contributed by atoms with Gasteiger partial charge in [-0.3, -0.25) is 4.57 Å². The molecule has 0 radical (unpaired) electrons. The van der Waals surface area contributed by atoms with E-state index in [4.69, 9.17) is 9.97 Å². The van der Waals surface area contributed by atoms with Crippen molar-refractivity contribution < 1.29 is 0 Å². The van der Waals surface area contributed by atoms with Crippen LogP contribution < -0.4 is 0 Å². The lowest BCUT2D eigenvalue weighted by Gasteiger charge is -2.26. The molecule has 4 nitrogen and oxygen atoms in total. The lowest BCUT2D eigenvalue weighted by atomic mass is 9.77. The van der Waals surface area contributed by atoms with Crippen molar-refractivity contribution in [2.24, 2.45) is 0 Å². The van der Waals surface area contributed by atoms with E-state index in [9.17, 15) is 0 Å². The number of para-hydroxylation sites is 2. The highest BCUT2D eigenvalue weighted by atomic mass is 15.2. The Balaban J connectivity index is 1.20. The molecule has 0 N–H and O–H groups in total. The van der Waals surface area contributed by atoms with E-state index in [1.165, 1.54) is 83.1 Å². The fourth-order valence-corrected chi connectivity index (χ4v) is 10.4. The minimum absolute atomic E-state index is 0.0975. The highest BCUT2D eigenvalue weighted by molar-refractivity contribution is 6.20. The molecule has 6 aromatic carbocycles. The van der Waals surface area contributed by atoms with E-state index >= 15 is 0 Å². The van der Waals surface area contributed by atoms with E-state index in [1.54, 1.807) is 0 Å². The average Bonchev–Trinajstić information content (AvgIpc) is 3.87. The molecule has 272 valence electrons. The molecule has 0 bridgehead atoms. The second-order valence-electron chi connectivity index (χ2n) is 16.4. The van der Waals surface area contributed by atoms with Crippen LogP contribution in [-0.4, -0.2) is 19.1 Å². The van der Waals surface area contributed by atoms with Crippen molar-refractivity contribution in [1.82, 2.24) is 19.1 Å². The highest BCUT2D eigenvalue weighted by Gasteiger charge is 2.38. The van der Waals surface area contributed by atoms with E-state index in [2.05, 4.69) is 181 Å². The normalized spacial score (nSPS) is 15.5. The summed E-state index contributed by atoms with van der Waals surface area (Å²) in [6, 6.07) is 48.6. The second kappa shape index (κ2) is 12.1. The number of benzene rings is 6. The van der Waals surface area contributed by atoms with Gasteiger partial charge in [0.2, 0.25) is 5.95 Å². The van der Waals surface area contributed by atoms with Gasteiger partial charge in [0.05, 0.1) is 27.8 Å². The lowest BCUT2D eigenvalue weighted by Crippen LogP contribution is -2.17. The largest absolute Gasteiger partial charge is 0.311 e. The molecule has 3 heterocycles. The Morgan fingerprint density at radius 3 is 2.19 bits per heavy atom. The second-order valence-corrected chi connectivity index (χ2v) is 16.4. The third-order valence-electron chi connectivity index (χ3n) is 12.9. The summed E-state index contributed by atoms with van der Waals surface area (Å²) < 4.78 is 4.97. The van der Waals surface area contributed by atoms with Gasteiger partial charge >= 0.3 is 0 Å². The topological polar surface area (TPSA) is 35.6 Å². The molecule has 0 unspecified atom stereocenters. The number of hydrogen-bond donors (Lipinski definition) is 0. The molecule has 0 saturated heterocycles. The number of fused-ring (bicyclic) bond motifs is 11. The Kier molecular flexibility index (Phi) is 6.90. The molecule has 57 heavy (non-hydrogen) atoms. The zero-order valence-corrected chi connectivity index (χ0v) is 32.1. The molecular weight excluding hydrogens is 693 g/mol. The fraction of sp³-hybridized carbons (Fsp3) is 0.132. The molecule has 9 aromatic rings. The Hall–Kier alpha value is -6.78. The number of aromatic nitrogens is 4.